The molecule has 0 radical (unpaired) electrons. The summed E-state index contributed by atoms with van der Waals surface area (Å²) in [5, 5.41) is 3.11. The van der Waals surface area contributed by atoms with E-state index in [4.69, 9.17) is 4.42 Å². The lowest BCUT2D eigenvalue weighted by atomic mass is 9.86. The molecule has 0 amide bonds. The van der Waals surface area contributed by atoms with Crippen LogP contribution in [-0.2, 0) is 16.6 Å². The second-order valence-corrected chi connectivity index (χ2v) is 7.95. The highest BCUT2D eigenvalue weighted by Gasteiger charge is 2.30. The maximum atomic E-state index is 12.5. The average Bonchev–Trinajstić information content (AvgIpc) is 2.72. The molecule has 0 atom stereocenters. The molecule has 20 heavy (non-hydrogen) atoms. The molecule has 1 aliphatic rings. The minimum Gasteiger partial charge on any atom is -0.452 e. The van der Waals surface area contributed by atoms with E-state index in [2.05, 4.69) is 21.2 Å². The third-order valence-corrected chi connectivity index (χ3v) is 6.36. The molecule has 114 valence electrons. The number of halogens is 1. The zero-order valence-corrected chi connectivity index (χ0v) is 14.3. The third kappa shape index (κ3) is 3.44. The van der Waals surface area contributed by atoms with Crippen LogP contribution in [-0.4, -0.2) is 32.9 Å². The van der Waals surface area contributed by atoms with Crippen molar-refractivity contribution in [1.29, 1.82) is 0 Å². The largest absolute Gasteiger partial charge is 0.452 e. The lowest BCUT2D eigenvalue weighted by Crippen LogP contribution is -2.34. The van der Waals surface area contributed by atoms with Gasteiger partial charge in [-0.3, -0.25) is 0 Å². The highest BCUT2D eigenvalue weighted by molar-refractivity contribution is 9.10. The number of nitrogens with one attached hydrogen (secondary N) is 1. The molecule has 1 aliphatic carbocycles. The zero-order valence-electron chi connectivity index (χ0n) is 11.9. The van der Waals surface area contributed by atoms with Crippen LogP contribution < -0.4 is 5.32 Å². The summed E-state index contributed by atoms with van der Waals surface area (Å²) >= 11 is 3.21. The SMILES string of the molecule is CCNCc1cc(S(=O)(=O)N(C)CC2CCC2)c(Br)o1. The van der Waals surface area contributed by atoms with E-state index < -0.39 is 10.0 Å². The number of nitrogens with zero attached hydrogens (tertiary/aromatic N) is 1. The molecular formula is C13H21BrN2O3S. The Labute approximate surface area is 128 Å². The molecular weight excluding hydrogens is 344 g/mol. The minimum atomic E-state index is -3.48. The van der Waals surface area contributed by atoms with Crippen LogP contribution in [0.1, 0.15) is 31.9 Å². The Bertz CT molecular complexity index is 552. The van der Waals surface area contributed by atoms with Crippen molar-refractivity contribution < 1.29 is 12.8 Å². The first-order valence-corrected chi connectivity index (χ1v) is 9.13. The molecule has 1 aromatic rings. The second-order valence-electron chi connectivity index (χ2n) is 5.21. The highest BCUT2D eigenvalue weighted by Crippen LogP contribution is 2.31. The topological polar surface area (TPSA) is 62.6 Å². The third-order valence-electron chi connectivity index (χ3n) is 3.68. The summed E-state index contributed by atoms with van der Waals surface area (Å²) in [6.45, 7) is 3.91. The van der Waals surface area contributed by atoms with Crippen molar-refractivity contribution in [2.45, 2.75) is 37.6 Å². The molecule has 1 N–H and O–H groups in total. The van der Waals surface area contributed by atoms with Crippen LogP contribution in [0, 0.1) is 5.92 Å². The Balaban J connectivity index is 2.13. The normalized spacial score (nSPS) is 16.6. The van der Waals surface area contributed by atoms with E-state index in [-0.39, 0.29) is 9.56 Å². The lowest BCUT2D eigenvalue weighted by Gasteiger charge is -2.29. The molecule has 0 bridgehead atoms. The molecule has 2 rings (SSSR count). The van der Waals surface area contributed by atoms with Crippen molar-refractivity contribution in [1.82, 2.24) is 9.62 Å². The van der Waals surface area contributed by atoms with Crippen molar-refractivity contribution in [3.05, 3.63) is 16.5 Å². The Kier molecular flexibility index (Phi) is 5.28. The van der Waals surface area contributed by atoms with Gasteiger partial charge in [0, 0.05) is 19.7 Å². The first kappa shape index (κ1) is 16.0. The zero-order chi connectivity index (χ0) is 14.8. The molecule has 1 aromatic heterocycles. The van der Waals surface area contributed by atoms with Crippen LogP contribution in [0.5, 0.6) is 0 Å². The Morgan fingerprint density at radius 3 is 2.75 bits per heavy atom. The number of furan rings is 1. The van der Waals surface area contributed by atoms with Gasteiger partial charge in [-0.15, -0.1) is 0 Å². The van der Waals surface area contributed by atoms with Crippen LogP contribution in [0.25, 0.3) is 0 Å². The number of rotatable bonds is 7. The van der Waals surface area contributed by atoms with Gasteiger partial charge in [0.05, 0.1) is 6.54 Å². The highest BCUT2D eigenvalue weighted by atomic mass is 79.9. The van der Waals surface area contributed by atoms with Gasteiger partial charge < -0.3 is 9.73 Å². The van der Waals surface area contributed by atoms with Crippen molar-refractivity contribution in [2.75, 3.05) is 20.1 Å². The van der Waals surface area contributed by atoms with Crippen molar-refractivity contribution >= 4 is 26.0 Å². The summed E-state index contributed by atoms with van der Waals surface area (Å²) < 4.78 is 32.2. The quantitative estimate of drug-likeness (QED) is 0.807. The first-order chi connectivity index (χ1) is 9.45. The monoisotopic (exact) mass is 364 g/mol. The smallest absolute Gasteiger partial charge is 0.247 e. The van der Waals surface area contributed by atoms with Gasteiger partial charge in [-0.25, -0.2) is 12.7 Å². The Morgan fingerprint density at radius 2 is 2.20 bits per heavy atom. The number of hydrogen-bond donors (Lipinski definition) is 1. The molecule has 5 nitrogen and oxygen atoms in total. The van der Waals surface area contributed by atoms with Gasteiger partial charge in [0.1, 0.15) is 10.7 Å². The summed E-state index contributed by atoms with van der Waals surface area (Å²) in [7, 11) is -1.84. The molecule has 1 heterocycles. The van der Waals surface area contributed by atoms with E-state index in [1.807, 2.05) is 6.92 Å². The number of sulfonamides is 1. The molecule has 1 fully saturated rings. The fraction of sp³-hybridized carbons (Fsp3) is 0.692. The van der Waals surface area contributed by atoms with Crippen LogP contribution in [0.4, 0.5) is 0 Å². The van der Waals surface area contributed by atoms with Gasteiger partial charge in [0.25, 0.3) is 0 Å². The maximum absolute atomic E-state index is 12.5. The summed E-state index contributed by atoms with van der Waals surface area (Å²) in [6, 6.07) is 1.60. The van der Waals surface area contributed by atoms with Crippen LogP contribution in [0.3, 0.4) is 0 Å². The summed E-state index contributed by atoms with van der Waals surface area (Å²) in [5.74, 6) is 1.12. The van der Waals surface area contributed by atoms with Crippen molar-refractivity contribution in [3.63, 3.8) is 0 Å². The fourth-order valence-corrected chi connectivity index (χ4v) is 4.42. The van der Waals surface area contributed by atoms with E-state index in [1.165, 1.54) is 10.7 Å². The summed E-state index contributed by atoms with van der Waals surface area (Å²) in [5.41, 5.74) is 0. The van der Waals surface area contributed by atoms with Crippen LogP contribution in [0.2, 0.25) is 0 Å². The van der Waals surface area contributed by atoms with Gasteiger partial charge in [-0.05, 0) is 41.2 Å². The van der Waals surface area contributed by atoms with E-state index in [9.17, 15) is 8.42 Å². The Morgan fingerprint density at radius 1 is 1.50 bits per heavy atom. The Hall–Kier alpha value is -0.370. The lowest BCUT2D eigenvalue weighted by molar-refractivity contribution is 0.263. The van der Waals surface area contributed by atoms with Crippen LogP contribution in [0.15, 0.2) is 20.0 Å². The van der Waals surface area contributed by atoms with Gasteiger partial charge in [0.15, 0.2) is 4.67 Å². The van der Waals surface area contributed by atoms with E-state index >= 15 is 0 Å². The molecule has 1 saturated carbocycles. The summed E-state index contributed by atoms with van der Waals surface area (Å²) in [4.78, 5) is 0.215. The van der Waals surface area contributed by atoms with Crippen molar-refractivity contribution in [2.24, 2.45) is 5.92 Å². The molecule has 0 saturated heterocycles. The van der Waals surface area contributed by atoms with Gasteiger partial charge in [-0.2, -0.15) is 0 Å². The average molecular weight is 365 g/mol. The van der Waals surface area contributed by atoms with Gasteiger partial charge in [0.2, 0.25) is 10.0 Å². The minimum absolute atomic E-state index is 0.215. The van der Waals surface area contributed by atoms with Gasteiger partial charge in [-0.1, -0.05) is 13.3 Å². The van der Waals surface area contributed by atoms with Crippen LogP contribution >= 0.6 is 15.9 Å². The molecule has 0 aromatic carbocycles. The first-order valence-electron chi connectivity index (χ1n) is 6.90. The number of hydrogen-bond acceptors (Lipinski definition) is 4. The van der Waals surface area contributed by atoms with Gasteiger partial charge >= 0.3 is 0 Å². The second kappa shape index (κ2) is 6.60. The maximum Gasteiger partial charge on any atom is 0.247 e. The molecule has 0 aliphatic heterocycles. The summed E-state index contributed by atoms with van der Waals surface area (Å²) in [6.07, 6.45) is 3.46. The molecule has 0 unspecified atom stereocenters. The predicted octanol–water partition coefficient (Wildman–Crippen LogP) is 2.57. The fourth-order valence-electron chi connectivity index (χ4n) is 2.21. The molecule has 0 spiro atoms. The predicted molar refractivity (Wildman–Crippen MR) is 80.9 cm³/mol. The van der Waals surface area contributed by atoms with E-state index in [0.29, 0.717) is 24.8 Å². The van der Waals surface area contributed by atoms with Crippen molar-refractivity contribution in [3.8, 4) is 0 Å². The van der Waals surface area contributed by atoms with E-state index in [0.717, 1.165) is 19.4 Å². The van der Waals surface area contributed by atoms with E-state index in [1.54, 1.807) is 13.1 Å². The molecule has 7 heteroatoms. The standard InChI is InChI=1S/C13H21BrN2O3S/c1-3-15-8-11-7-12(13(14)19-11)20(17,18)16(2)9-10-5-4-6-10/h7,10,15H,3-6,8-9H2,1-2H3.